The van der Waals surface area contributed by atoms with E-state index < -0.39 is 0 Å². The number of aromatic nitrogens is 5. The van der Waals surface area contributed by atoms with Crippen molar-refractivity contribution in [3.05, 3.63) is 103 Å². The van der Waals surface area contributed by atoms with Crippen LogP contribution in [0.15, 0.2) is 96.1 Å². The highest BCUT2D eigenvalue weighted by atomic mass is 16.5. The number of hydrogen-bond acceptors (Lipinski definition) is 7. The van der Waals surface area contributed by atoms with E-state index in [2.05, 4.69) is 25.3 Å². The minimum Gasteiger partial charge on any atom is -0.439 e. The number of oxazole rings is 1. The van der Waals surface area contributed by atoms with Gasteiger partial charge in [-0.1, -0.05) is 18.2 Å². The van der Waals surface area contributed by atoms with Crippen LogP contribution in [0.2, 0.25) is 0 Å². The van der Waals surface area contributed by atoms with Crippen molar-refractivity contribution in [3.8, 4) is 23.1 Å². The van der Waals surface area contributed by atoms with Gasteiger partial charge in [0.2, 0.25) is 17.5 Å². The lowest BCUT2D eigenvalue weighted by molar-refractivity contribution is 0.0950. The molecule has 0 unspecified atom stereocenters. The van der Waals surface area contributed by atoms with Crippen LogP contribution < -0.4 is 10.1 Å². The van der Waals surface area contributed by atoms with Crippen LogP contribution in [0, 0.1) is 0 Å². The summed E-state index contributed by atoms with van der Waals surface area (Å²) in [4.78, 5) is 29.5. The largest absolute Gasteiger partial charge is 0.439 e. The maximum atomic E-state index is 12.5. The Labute approximate surface area is 199 Å². The Kier molecular flexibility index (Phi) is 5.12. The van der Waals surface area contributed by atoms with Crippen molar-refractivity contribution >= 4 is 22.8 Å². The number of nitrogens with one attached hydrogen (secondary N) is 1. The van der Waals surface area contributed by atoms with Gasteiger partial charge in [0.25, 0.3) is 5.91 Å². The lowest BCUT2D eigenvalue weighted by Crippen LogP contribution is -2.23. The first-order valence-electron chi connectivity index (χ1n) is 10.9. The maximum Gasteiger partial charge on any atom is 0.254 e. The molecule has 4 heterocycles. The van der Waals surface area contributed by atoms with Gasteiger partial charge in [-0.2, -0.15) is 0 Å². The Hall–Kier alpha value is -5.05. The van der Waals surface area contributed by atoms with Gasteiger partial charge in [0.05, 0.1) is 5.56 Å². The van der Waals surface area contributed by atoms with Gasteiger partial charge in [-0.15, -0.1) is 0 Å². The van der Waals surface area contributed by atoms with E-state index in [1.54, 1.807) is 35.3 Å². The fourth-order valence-corrected chi connectivity index (χ4v) is 3.61. The van der Waals surface area contributed by atoms with Crippen LogP contribution in [0.25, 0.3) is 28.3 Å². The van der Waals surface area contributed by atoms with E-state index in [0.29, 0.717) is 46.5 Å². The Balaban J connectivity index is 1.13. The zero-order chi connectivity index (χ0) is 23.6. The first kappa shape index (κ1) is 20.5. The minimum absolute atomic E-state index is 0.208. The molecule has 0 spiro atoms. The van der Waals surface area contributed by atoms with Crippen molar-refractivity contribution in [3.63, 3.8) is 0 Å². The standard InChI is InChI=1S/C26H18N6O3/c33-24(19-15-30-26-28-11-12-32(26)16-19)29-14-17-4-6-18(7-5-17)25-31-21-13-20(8-9-22(21)35-25)34-23-3-1-2-10-27-23/h1-13,15-16H,14H2,(H,29,33). The van der Waals surface area contributed by atoms with Crippen LogP contribution in [0.3, 0.4) is 0 Å². The molecular formula is C26H18N6O3. The monoisotopic (exact) mass is 462 g/mol. The number of carbonyl (C=O) groups is 1. The number of fused-ring (bicyclic) bond motifs is 2. The van der Waals surface area contributed by atoms with Gasteiger partial charge >= 0.3 is 0 Å². The molecule has 9 heteroatoms. The molecule has 0 aliphatic rings. The molecule has 1 N–H and O–H groups in total. The zero-order valence-corrected chi connectivity index (χ0v) is 18.3. The third kappa shape index (κ3) is 4.30. The minimum atomic E-state index is -0.208. The summed E-state index contributed by atoms with van der Waals surface area (Å²) in [6, 6.07) is 18.6. The molecule has 0 aliphatic carbocycles. The summed E-state index contributed by atoms with van der Waals surface area (Å²) < 4.78 is 13.4. The van der Waals surface area contributed by atoms with Crippen LogP contribution in [0.5, 0.6) is 11.6 Å². The van der Waals surface area contributed by atoms with Gasteiger partial charge in [0.1, 0.15) is 11.3 Å². The van der Waals surface area contributed by atoms with Crippen molar-refractivity contribution in [1.29, 1.82) is 0 Å². The van der Waals surface area contributed by atoms with Gasteiger partial charge in [-0.05, 0) is 35.9 Å². The van der Waals surface area contributed by atoms with Crippen LogP contribution in [-0.4, -0.2) is 30.2 Å². The Morgan fingerprint density at radius 2 is 1.91 bits per heavy atom. The Morgan fingerprint density at radius 3 is 2.77 bits per heavy atom. The second-order valence-electron chi connectivity index (χ2n) is 7.78. The van der Waals surface area contributed by atoms with Crippen molar-refractivity contribution in [2.24, 2.45) is 0 Å². The molecule has 0 saturated carbocycles. The second-order valence-corrected chi connectivity index (χ2v) is 7.78. The number of imidazole rings is 1. The number of amides is 1. The van der Waals surface area contributed by atoms with E-state index >= 15 is 0 Å². The fourth-order valence-electron chi connectivity index (χ4n) is 3.61. The molecule has 0 bridgehead atoms. The number of hydrogen-bond donors (Lipinski definition) is 1. The predicted octanol–water partition coefficient (Wildman–Crippen LogP) is 4.65. The van der Waals surface area contributed by atoms with Crippen molar-refractivity contribution in [2.45, 2.75) is 6.54 Å². The lowest BCUT2D eigenvalue weighted by atomic mass is 10.1. The highest BCUT2D eigenvalue weighted by Crippen LogP contribution is 2.28. The summed E-state index contributed by atoms with van der Waals surface area (Å²) in [5.41, 5.74) is 3.59. The van der Waals surface area contributed by atoms with Gasteiger partial charge in [-0.25, -0.2) is 19.9 Å². The smallest absolute Gasteiger partial charge is 0.254 e. The second kappa shape index (κ2) is 8.71. The average molecular weight is 462 g/mol. The Bertz CT molecular complexity index is 1640. The fraction of sp³-hybridized carbons (Fsp3) is 0.0385. The molecule has 9 nitrogen and oxygen atoms in total. The molecule has 6 aromatic rings. The first-order chi connectivity index (χ1) is 17.2. The topological polar surface area (TPSA) is 107 Å². The van der Waals surface area contributed by atoms with Crippen molar-refractivity contribution in [1.82, 2.24) is 29.7 Å². The van der Waals surface area contributed by atoms with Crippen LogP contribution in [-0.2, 0) is 6.54 Å². The summed E-state index contributed by atoms with van der Waals surface area (Å²) in [5.74, 6) is 1.99. The zero-order valence-electron chi connectivity index (χ0n) is 18.3. The predicted molar refractivity (Wildman–Crippen MR) is 128 cm³/mol. The molecule has 170 valence electrons. The third-order valence-electron chi connectivity index (χ3n) is 5.38. The summed E-state index contributed by atoms with van der Waals surface area (Å²) in [7, 11) is 0. The van der Waals surface area contributed by atoms with E-state index in [9.17, 15) is 4.79 Å². The summed E-state index contributed by atoms with van der Waals surface area (Å²) >= 11 is 0. The first-order valence-corrected chi connectivity index (χ1v) is 10.9. The van der Waals surface area contributed by atoms with Crippen LogP contribution >= 0.6 is 0 Å². The molecular weight excluding hydrogens is 444 g/mol. The average Bonchev–Trinajstić information content (AvgIpc) is 3.54. The van der Waals surface area contributed by atoms with Crippen molar-refractivity contribution < 1.29 is 13.9 Å². The number of nitrogens with zero attached hydrogens (tertiary/aromatic N) is 5. The number of benzene rings is 2. The van der Waals surface area contributed by atoms with E-state index in [4.69, 9.17) is 9.15 Å². The molecule has 0 radical (unpaired) electrons. The van der Waals surface area contributed by atoms with E-state index in [-0.39, 0.29) is 5.91 Å². The van der Waals surface area contributed by atoms with Crippen molar-refractivity contribution in [2.75, 3.05) is 0 Å². The normalized spacial score (nSPS) is 11.1. The van der Waals surface area contributed by atoms with E-state index in [1.807, 2.05) is 54.6 Å². The highest BCUT2D eigenvalue weighted by molar-refractivity contribution is 5.93. The van der Waals surface area contributed by atoms with Gasteiger partial charge in [0, 0.05) is 55.2 Å². The van der Waals surface area contributed by atoms with Crippen LogP contribution in [0.4, 0.5) is 0 Å². The van der Waals surface area contributed by atoms with Gasteiger partial charge in [0.15, 0.2) is 5.58 Å². The molecule has 1 amide bonds. The van der Waals surface area contributed by atoms with Crippen LogP contribution in [0.1, 0.15) is 15.9 Å². The Morgan fingerprint density at radius 1 is 1.00 bits per heavy atom. The lowest BCUT2D eigenvalue weighted by Gasteiger charge is -2.06. The number of rotatable bonds is 6. The van der Waals surface area contributed by atoms with Gasteiger partial charge in [-0.3, -0.25) is 9.20 Å². The number of pyridine rings is 1. The summed E-state index contributed by atoms with van der Waals surface area (Å²) in [6.45, 7) is 0.378. The molecule has 0 atom stereocenters. The number of ether oxygens (including phenoxy) is 1. The molecule has 4 aromatic heterocycles. The third-order valence-corrected chi connectivity index (χ3v) is 5.38. The van der Waals surface area contributed by atoms with E-state index in [0.717, 1.165) is 11.1 Å². The molecule has 0 saturated heterocycles. The SMILES string of the molecule is O=C(NCc1ccc(-c2nc3cc(Oc4ccccn4)ccc3o2)cc1)c1cnc2nccn2c1. The molecule has 35 heavy (non-hydrogen) atoms. The van der Waals surface area contributed by atoms with E-state index in [1.165, 1.54) is 6.20 Å². The summed E-state index contributed by atoms with van der Waals surface area (Å²) in [5, 5.41) is 2.91. The molecule has 0 aliphatic heterocycles. The quantitative estimate of drug-likeness (QED) is 0.384. The molecule has 6 rings (SSSR count). The molecule has 0 fully saturated rings. The van der Waals surface area contributed by atoms with Gasteiger partial charge < -0.3 is 14.5 Å². The maximum absolute atomic E-state index is 12.5. The molecule has 2 aromatic carbocycles. The highest BCUT2D eigenvalue weighted by Gasteiger charge is 2.11. The number of carbonyl (C=O) groups excluding carboxylic acids is 1. The summed E-state index contributed by atoms with van der Waals surface area (Å²) in [6.07, 6.45) is 8.28.